The topological polar surface area (TPSA) is 61.8 Å². The lowest BCUT2D eigenvalue weighted by molar-refractivity contribution is -0.131. The summed E-state index contributed by atoms with van der Waals surface area (Å²) in [5.41, 5.74) is 5.76. The summed E-state index contributed by atoms with van der Waals surface area (Å²) in [6, 6.07) is 4.44. The standard InChI is InChI=1S/C35H34O5S4/c1-13(2)21-11-19-31(41-21)32-20(40-35(19,9)10)12-22(42-32)28-16(6)18(8)30(44-28)24-26-25(38-34(24)37)23(33(36)39-26)29-17(7)15(5)27(43-29)14(3)4/h11-14H,1-10H3. The molecule has 0 aliphatic carbocycles. The highest BCUT2D eigenvalue weighted by Crippen LogP contribution is 2.57. The molecule has 0 bridgehead atoms. The van der Waals surface area contributed by atoms with Crippen molar-refractivity contribution >= 4 is 68.4 Å². The van der Waals surface area contributed by atoms with E-state index in [9.17, 15) is 9.59 Å². The maximum Gasteiger partial charge on any atom is 0.349 e. The van der Waals surface area contributed by atoms with E-state index in [0.717, 1.165) is 46.8 Å². The molecule has 228 valence electrons. The predicted molar refractivity (Wildman–Crippen MR) is 182 cm³/mol. The van der Waals surface area contributed by atoms with Crippen molar-refractivity contribution in [2.24, 2.45) is 0 Å². The van der Waals surface area contributed by atoms with Crippen LogP contribution in [-0.2, 0) is 24.7 Å². The largest absolute Gasteiger partial charge is 0.482 e. The van der Waals surface area contributed by atoms with Crippen molar-refractivity contribution in [1.82, 2.24) is 0 Å². The monoisotopic (exact) mass is 662 g/mol. The molecule has 0 atom stereocenters. The molecule has 0 unspecified atom stereocenters. The number of hydrogen-bond donors (Lipinski definition) is 0. The first-order valence-electron chi connectivity index (χ1n) is 14.8. The van der Waals surface area contributed by atoms with E-state index in [1.54, 1.807) is 34.0 Å². The Morgan fingerprint density at radius 2 is 1.20 bits per heavy atom. The number of rotatable bonds is 5. The number of thiophene rings is 4. The van der Waals surface area contributed by atoms with Gasteiger partial charge in [0.05, 0.1) is 9.75 Å². The van der Waals surface area contributed by atoms with Crippen molar-refractivity contribution in [1.29, 1.82) is 0 Å². The summed E-state index contributed by atoms with van der Waals surface area (Å²) in [6.45, 7) is 21.2. The third-order valence-electron chi connectivity index (χ3n) is 8.83. The molecule has 0 saturated carbocycles. The molecule has 0 spiro atoms. The van der Waals surface area contributed by atoms with Crippen LogP contribution >= 0.6 is 45.3 Å². The minimum atomic E-state index is -0.481. The Kier molecular flexibility index (Phi) is 6.76. The SMILES string of the molecule is Cc1c(C2=C3OC(=O)C(c4sc(C(C)C)c(C)c4C)=C3OC2=O)sc(-c2cc3c(s2)-c2sc(C(C)C)cc2C(C)(C)O3)c1C. The van der Waals surface area contributed by atoms with E-state index in [1.165, 1.54) is 25.8 Å². The van der Waals surface area contributed by atoms with Crippen molar-refractivity contribution in [3.8, 4) is 25.3 Å². The van der Waals surface area contributed by atoms with Crippen LogP contribution in [0.4, 0.5) is 0 Å². The molecule has 3 aliphatic rings. The van der Waals surface area contributed by atoms with Crippen LogP contribution in [0.25, 0.3) is 30.7 Å². The van der Waals surface area contributed by atoms with E-state index in [4.69, 9.17) is 14.2 Å². The molecule has 4 aromatic rings. The Balaban J connectivity index is 1.34. The summed E-state index contributed by atoms with van der Waals surface area (Å²) in [5.74, 6) is 1.21. The van der Waals surface area contributed by atoms with Gasteiger partial charge in [0.15, 0.2) is 11.5 Å². The maximum absolute atomic E-state index is 13.5. The van der Waals surface area contributed by atoms with Gasteiger partial charge in [-0.05, 0) is 81.7 Å². The van der Waals surface area contributed by atoms with Crippen LogP contribution in [0.2, 0.25) is 0 Å². The Bertz CT molecular complexity index is 2000. The molecular weight excluding hydrogens is 629 g/mol. The molecule has 4 aromatic heterocycles. The smallest absolute Gasteiger partial charge is 0.349 e. The lowest BCUT2D eigenvalue weighted by Gasteiger charge is -2.31. The summed E-state index contributed by atoms with van der Waals surface area (Å²) >= 11 is 6.71. The van der Waals surface area contributed by atoms with Crippen LogP contribution in [0.1, 0.15) is 101 Å². The number of esters is 2. The Hall–Kier alpha value is -2.98. The molecule has 0 radical (unpaired) electrons. The van der Waals surface area contributed by atoms with E-state index in [2.05, 4.69) is 67.5 Å². The molecule has 7 heterocycles. The van der Waals surface area contributed by atoms with E-state index in [-0.39, 0.29) is 11.5 Å². The quantitative estimate of drug-likeness (QED) is 0.199. The second-order valence-electron chi connectivity index (χ2n) is 12.9. The molecule has 0 aromatic carbocycles. The molecule has 5 nitrogen and oxygen atoms in total. The Labute approximate surface area is 273 Å². The average molecular weight is 663 g/mol. The van der Waals surface area contributed by atoms with Crippen LogP contribution < -0.4 is 4.74 Å². The second kappa shape index (κ2) is 10.0. The molecule has 44 heavy (non-hydrogen) atoms. The number of carbonyl (C=O) groups is 2. The van der Waals surface area contributed by atoms with E-state index in [0.29, 0.717) is 23.0 Å². The minimum absolute atomic E-state index is 0.238. The van der Waals surface area contributed by atoms with Crippen molar-refractivity contribution in [3.63, 3.8) is 0 Å². The molecule has 0 fully saturated rings. The summed E-state index contributed by atoms with van der Waals surface area (Å²) in [4.78, 5) is 35.5. The van der Waals surface area contributed by atoms with Gasteiger partial charge in [-0.2, -0.15) is 0 Å². The first-order chi connectivity index (χ1) is 20.7. The highest BCUT2D eigenvalue weighted by Gasteiger charge is 2.46. The highest BCUT2D eigenvalue weighted by molar-refractivity contribution is 7.27. The van der Waals surface area contributed by atoms with Gasteiger partial charge < -0.3 is 14.2 Å². The third kappa shape index (κ3) is 4.19. The van der Waals surface area contributed by atoms with Crippen molar-refractivity contribution < 1.29 is 23.8 Å². The third-order valence-corrected chi connectivity index (χ3v) is 14.9. The van der Waals surface area contributed by atoms with Gasteiger partial charge in [0.25, 0.3) is 0 Å². The molecule has 7 rings (SSSR count). The number of carbonyl (C=O) groups excluding carboxylic acids is 2. The highest BCUT2D eigenvalue weighted by atomic mass is 32.1. The first-order valence-corrected chi connectivity index (χ1v) is 18.1. The molecular formula is C35H34O5S4. The number of hydrogen-bond acceptors (Lipinski definition) is 9. The van der Waals surface area contributed by atoms with Crippen LogP contribution in [0, 0.1) is 27.7 Å². The number of ether oxygens (including phenoxy) is 3. The minimum Gasteiger partial charge on any atom is -0.482 e. The van der Waals surface area contributed by atoms with Gasteiger partial charge in [0, 0.05) is 40.9 Å². The summed E-state index contributed by atoms with van der Waals surface area (Å²) in [5, 5.41) is 0. The van der Waals surface area contributed by atoms with E-state index < -0.39 is 17.5 Å². The zero-order valence-electron chi connectivity index (χ0n) is 26.5. The normalized spacial score (nSPS) is 17.0. The lowest BCUT2D eigenvalue weighted by atomic mass is 9.94. The van der Waals surface area contributed by atoms with Crippen LogP contribution in [0.5, 0.6) is 5.75 Å². The average Bonchev–Trinajstić information content (AvgIpc) is 3.77. The lowest BCUT2D eigenvalue weighted by Crippen LogP contribution is -2.27. The van der Waals surface area contributed by atoms with E-state index >= 15 is 0 Å². The van der Waals surface area contributed by atoms with E-state index in [1.807, 2.05) is 25.2 Å². The van der Waals surface area contributed by atoms with Gasteiger partial charge in [0.2, 0.25) is 0 Å². The molecule has 9 heteroatoms. The Morgan fingerprint density at radius 3 is 1.77 bits per heavy atom. The van der Waals surface area contributed by atoms with Gasteiger partial charge in [-0.3, -0.25) is 0 Å². The summed E-state index contributed by atoms with van der Waals surface area (Å²) in [6.07, 6.45) is 0. The second-order valence-corrected chi connectivity index (χ2v) is 17.1. The molecule has 3 aliphatic heterocycles. The van der Waals surface area contributed by atoms with Crippen molar-refractivity contribution in [2.75, 3.05) is 0 Å². The fourth-order valence-electron chi connectivity index (χ4n) is 6.12. The van der Waals surface area contributed by atoms with Crippen LogP contribution in [-0.4, -0.2) is 11.9 Å². The summed E-state index contributed by atoms with van der Waals surface area (Å²) < 4.78 is 18.2. The first kappa shape index (κ1) is 29.7. The van der Waals surface area contributed by atoms with Gasteiger partial charge in [-0.15, -0.1) is 45.3 Å². The fourth-order valence-corrected chi connectivity index (χ4v) is 11.5. The predicted octanol–water partition coefficient (Wildman–Crippen LogP) is 10.6. The van der Waals surface area contributed by atoms with Crippen molar-refractivity contribution in [3.05, 3.63) is 71.0 Å². The number of fused-ring (bicyclic) bond motifs is 4. The fraction of sp³-hybridized carbons (Fsp3) is 0.371. The van der Waals surface area contributed by atoms with Crippen LogP contribution in [0.3, 0.4) is 0 Å². The summed E-state index contributed by atoms with van der Waals surface area (Å²) in [7, 11) is 0. The zero-order chi connectivity index (χ0) is 31.6. The molecule has 0 saturated heterocycles. The van der Waals surface area contributed by atoms with Gasteiger partial charge in [-0.25, -0.2) is 9.59 Å². The van der Waals surface area contributed by atoms with Crippen LogP contribution in [0.15, 0.2) is 23.7 Å². The molecule has 0 amide bonds. The van der Waals surface area contributed by atoms with Gasteiger partial charge >= 0.3 is 11.9 Å². The van der Waals surface area contributed by atoms with Gasteiger partial charge in [-0.1, -0.05) is 27.7 Å². The zero-order valence-corrected chi connectivity index (χ0v) is 29.7. The van der Waals surface area contributed by atoms with Gasteiger partial charge in [0.1, 0.15) is 22.5 Å². The van der Waals surface area contributed by atoms with Crippen molar-refractivity contribution in [2.45, 2.75) is 86.7 Å². The maximum atomic E-state index is 13.5. The Morgan fingerprint density at radius 1 is 0.636 bits per heavy atom. The molecule has 0 N–H and O–H groups in total.